The summed E-state index contributed by atoms with van der Waals surface area (Å²) < 4.78 is 31.9. The van der Waals surface area contributed by atoms with Crippen LogP contribution in [0, 0.1) is 5.92 Å². The molecular weight excluding hydrogens is 318 g/mol. The SMILES string of the molecule is O=C(O)c1ccc(Cl)c(S(=O)(=O)NCCOCC2CC2)c1. The fraction of sp³-hybridized carbons (Fsp3) is 0.462. The molecule has 1 aliphatic rings. The zero-order valence-corrected chi connectivity index (χ0v) is 12.8. The lowest BCUT2D eigenvalue weighted by Gasteiger charge is -2.09. The molecule has 21 heavy (non-hydrogen) atoms. The Balaban J connectivity index is 1.97. The molecule has 116 valence electrons. The van der Waals surface area contributed by atoms with E-state index >= 15 is 0 Å². The van der Waals surface area contributed by atoms with E-state index in [1.54, 1.807) is 0 Å². The maximum absolute atomic E-state index is 12.1. The van der Waals surface area contributed by atoms with E-state index in [1.807, 2.05) is 0 Å². The number of aromatic carboxylic acids is 1. The number of nitrogens with one attached hydrogen (secondary N) is 1. The number of carboxylic acid groups (broad SMARTS) is 1. The van der Waals surface area contributed by atoms with Gasteiger partial charge in [0.2, 0.25) is 10.0 Å². The molecule has 0 heterocycles. The first-order valence-corrected chi connectivity index (χ1v) is 8.36. The third-order valence-corrected chi connectivity index (χ3v) is 5.00. The molecule has 0 atom stereocenters. The van der Waals surface area contributed by atoms with Crippen LogP contribution in [0.15, 0.2) is 23.1 Å². The largest absolute Gasteiger partial charge is 0.478 e. The highest BCUT2D eigenvalue weighted by atomic mass is 35.5. The van der Waals surface area contributed by atoms with Crippen molar-refractivity contribution < 1.29 is 23.1 Å². The van der Waals surface area contributed by atoms with Crippen molar-refractivity contribution in [2.45, 2.75) is 17.7 Å². The number of halogens is 1. The van der Waals surface area contributed by atoms with E-state index in [0.29, 0.717) is 12.5 Å². The predicted octanol–water partition coefficient (Wildman–Crippen LogP) is 1.74. The second-order valence-corrected chi connectivity index (χ2v) is 7.01. The molecular formula is C13H16ClNO5S. The van der Waals surface area contributed by atoms with E-state index in [4.69, 9.17) is 21.4 Å². The van der Waals surface area contributed by atoms with Crippen LogP contribution in [0.3, 0.4) is 0 Å². The number of benzene rings is 1. The van der Waals surface area contributed by atoms with Gasteiger partial charge in [0.1, 0.15) is 4.90 Å². The van der Waals surface area contributed by atoms with Gasteiger partial charge in [-0.15, -0.1) is 0 Å². The van der Waals surface area contributed by atoms with E-state index in [2.05, 4.69) is 4.72 Å². The van der Waals surface area contributed by atoms with Crippen molar-refractivity contribution in [3.05, 3.63) is 28.8 Å². The van der Waals surface area contributed by atoms with E-state index < -0.39 is 16.0 Å². The minimum Gasteiger partial charge on any atom is -0.478 e. The Labute approximate surface area is 128 Å². The molecule has 2 rings (SSSR count). The summed E-state index contributed by atoms with van der Waals surface area (Å²) in [5.41, 5.74) is -0.134. The molecule has 0 aromatic heterocycles. The van der Waals surface area contributed by atoms with E-state index in [9.17, 15) is 13.2 Å². The van der Waals surface area contributed by atoms with Gasteiger partial charge in [0.15, 0.2) is 0 Å². The zero-order chi connectivity index (χ0) is 15.5. The molecule has 0 saturated heterocycles. The fourth-order valence-electron chi connectivity index (χ4n) is 1.70. The van der Waals surface area contributed by atoms with E-state index in [-0.39, 0.29) is 28.6 Å². The second kappa shape index (κ2) is 6.74. The van der Waals surface area contributed by atoms with Crippen molar-refractivity contribution in [2.75, 3.05) is 19.8 Å². The van der Waals surface area contributed by atoms with Gasteiger partial charge in [0, 0.05) is 13.2 Å². The van der Waals surface area contributed by atoms with Crippen LogP contribution in [0.4, 0.5) is 0 Å². The molecule has 8 heteroatoms. The molecule has 1 aliphatic carbocycles. The monoisotopic (exact) mass is 333 g/mol. The standard InChI is InChI=1S/C13H16ClNO5S/c14-11-4-3-10(13(16)17)7-12(11)21(18,19)15-5-6-20-8-9-1-2-9/h3-4,7,9,15H,1-2,5-6,8H2,(H,16,17). The third-order valence-electron chi connectivity index (χ3n) is 3.06. The first-order valence-electron chi connectivity index (χ1n) is 6.50. The molecule has 1 aromatic rings. The Morgan fingerprint density at radius 2 is 2.14 bits per heavy atom. The number of sulfonamides is 1. The summed E-state index contributed by atoms with van der Waals surface area (Å²) in [5, 5.41) is 8.87. The Kier molecular flexibility index (Phi) is 5.21. The van der Waals surface area contributed by atoms with Gasteiger partial charge in [-0.3, -0.25) is 0 Å². The molecule has 1 saturated carbocycles. The first-order chi connectivity index (χ1) is 9.90. The molecule has 0 amide bonds. The minimum absolute atomic E-state index is 0.0219. The normalized spacial score (nSPS) is 15.1. The van der Waals surface area contributed by atoms with Crippen LogP contribution in [0.2, 0.25) is 5.02 Å². The highest BCUT2D eigenvalue weighted by molar-refractivity contribution is 7.89. The second-order valence-electron chi connectivity index (χ2n) is 4.87. The summed E-state index contributed by atoms with van der Waals surface area (Å²) in [6.07, 6.45) is 2.34. The van der Waals surface area contributed by atoms with Crippen molar-refractivity contribution in [3.8, 4) is 0 Å². The summed E-state index contributed by atoms with van der Waals surface area (Å²) >= 11 is 5.83. The van der Waals surface area contributed by atoms with Crippen LogP contribution in [-0.2, 0) is 14.8 Å². The van der Waals surface area contributed by atoms with Gasteiger partial charge in [0.25, 0.3) is 0 Å². The number of ether oxygens (including phenoxy) is 1. The lowest BCUT2D eigenvalue weighted by molar-refractivity contribution is 0.0696. The fourth-order valence-corrected chi connectivity index (χ4v) is 3.24. The van der Waals surface area contributed by atoms with Crippen LogP contribution in [-0.4, -0.2) is 39.3 Å². The smallest absolute Gasteiger partial charge is 0.335 e. The van der Waals surface area contributed by atoms with Crippen molar-refractivity contribution in [3.63, 3.8) is 0 Å². The molecule has 6 nitrogen and oxygen atoms in total. The Bertz CT molecular complexity index is 627. The summed E-state index contributed by atoms with van der Waals surface area (Å²) in [7, 11) is -3.86. The van der Waals surface area contributed by atoms with Crippen LogP contribution >= 0.6 is 11.6 Å². The maximum atomic E-state index is 12.1. The van der Waals surface area contributed by atoms with Crippen molar-refractivity contribution in [2.24, 2.45) is 5.92 Å². The number of rotatable bonds is 8. The summed E-state index contributed by atoms with van der Waals surface area (Å²) in [6.45, 7) is 1.03. The van der Waals surface area contributed by atoms with Crippen molar-refractivity contribution in [1.82, 2.24) is 4.72 Å². The van der Waals surface area contributed by atoms with Crippen LogP contribution < -0.4 is 4.72 Å². The number of hydrogen-bond donors (Lipinski definition) is 2. The van der Waals surface area contributed by atoms with E-state index in [1.165, 1.54) is 25.0 Å². The number of carboxylic acids is 1. The topological polar surface area (TPSA) is 92.7 Å². The maximum Gasteiger partial charge on any atom is 0.335 e. The summed E-state index contributed by atoms with van der Waals surface area (Å²) in [4.78, 5) is 10.6. The Morgan fingerprint density at radius 1 is 1.43 bits per heavy atom. The predicted molar refractivity (Wildman–Crippen MR) is 77.1 cm³/mol. The summed E-state index contributed by atoms with van der Waals surface area (Å²) in [5.74, 6) is -0.598. The highest BCUT2D eigenvalue weighted by Crippen LogP contribution is 2.28. The minimum atomic E-state index is -3.86. The van der Waals surface area contributed by atoms with Gasteiger partial charge < -0.3 is 9.84 Å². The lowest BCUT2D eigenvalue weighted by atomic mass is 10.2. The van der Waals surface area contributed by atoms with Gasteiger partial charge >= 0.3 is 5.97 Å². The van der Waals surface area contributed by atoms with E-state index in [0.717, 1.165) is 6.07 Å². The lowest BCUT2D eigenvalue weighted by Crippen LogP contribution is -2.28. The molecule has 0 bridgehead atoms. The number of hydrogen-bond acceptors (Lipinski definition) is 4. The van der Waals surface area contributed by atoms with Crippen molar-refractivity contribution >= 4 is 27.6 Å². The molecule has 0 aliphatic heterocycles. The number of carbonyl (C=O) groups is 1. The van der Waals surface area contributed by atoms with Gasteiger partial charge in [-0.1, -0.05) is 11.6 Å². The van der Waals surface area contributed by atoms with Gasteiger partial charge in [-0.25, -0.2) is 17.9 Å². The molecule has 2 N–H and O–H groups in total. The Hall–Kier alpha value is -1.15. The quantitative estimate of drug-likeness (QED) is 0.707. The van der Waals surface area contributed by atoms with Crippen LogP contribution in [0.5, 0.6) is 0 Å². The molecule has 1 fully saturated rings. The molecule has 0 spiro atoms. The van der Waals surface area contributed by atoms with Gasteiger partial charge in [0.05, 0.1) is 17.2 Å². The van der Waals surface area contributed by atoms with Crippen LogP contribution in [0.1, 0.15) is 23.2 Å². The molecule has 0 radical (unpaired) electrons. The Morgan fingerprint density at radius 3 is 2.76 bits per heavy atom. The average molecular weight is 334 g/mol. The van der Waals surface area contributed by atoms with Gasteiger partial charge in [-0.2, -0.15) is 0 Å². The highest BCUT2D eigenvalue weighted by Gasteiger charge is 2.22. The third kappa shape index (κ3) is 4.67. The molecule has 0 unspecified atom stereocenters. The van der Waals surface area contributed by atoms with Crippen LogP contribution in [0.25, 0.3) is 0 Å². The first kappa shape index (κ1) is 16.2. The average Bonchev–Trinajstić information content (AvgIpc) is 3.22. The summed E-state index contributed by atoms with van der Waals surface area (Å²) in [6, 6.07) is 3.55. The van der Waals surface area contributed by atoms with Gasteiger partial charge in [-0.05, 0) is 37.0 Å². The molecule has 1 aromatic carbocycles. The zero-order valence-electron chi connectivity index (χ0n) is 11.2. The van der Waals surface area contributed by atoms with Crippen molar-refractivity contribution in [1.29, 1.82) is 0 Å².